The summed E-state index contributed by atoms with van der Waals surface area (Å²) in [6.07, 6.45) is 0.823. The molecule has 9 heteroatoms. The monoisotopic (exact) mass is 371 g/mol. The van der Waals surface area contributed by atoms with Crippen LogP contribution in [0, 0.1) is 0 Å². The van der Waals surface area contributed by atoms with Gasteiger partial charge < -0.3 is 14.8 Å². The van der Waals surface area contributed by atoms with Gasteiger partial charge in [-0.1, -0.05) is 0 Å². The molecule has 140 valence electrons. The highest BCUT2D eigenvalue weighted by atomic mass is 32.2. The summed E-state index contributed by atoms with van der Waals surface area (Å²) in [5.41, 5.74) is 0.279. The first kappa shape index (κ1) is 19.6. The van der Waals surface area contributed by atoms with E-state index in [4.69, 9.17) is 9.47 Å². The fourth-order valence-electron chi connectivity index (χ4n) is 2.57. The van der Waals surface area contributed by atoms with Crippen LogP contribution in [-0.4, -0.2) is 72.8 Å². The molecule has 0 aliphatic carbocycles. The first-order chi connectivity index (χ1) is 12.0. The Morgan fingerprint density at radius 2 is 2.04 bits per heavy atom. The Balaban J connectivity index is 1.93. The highest BCUT2D eigenvalue weighted by molar-refractivity contribution is 7.89. The Morgan fingerprint density at radius 1 is 1.32 bits per heavy atom. The molecule has 1 aromatic carbocycles. The van der Waals surface area contributed by atoms with E-state index >= 15 is 0 Å². The van der Waals surface area contributed by atoms with Gasteiger partial charge in [0.05, 0.1) is 20.3 Å². The van der Waals surface area contributed by atoms with Crippen molar-refractivity contribution in [2.75, 3.05) is 53.6 Å². The average molecular weight is 371 g/mol. The van der Waals surface area contributed by atoms with Gasteiger partial charge in [0.2, 0.25) is 10.0 Å². The van der Waals surface area contributed by atoms with Crippen molar-refractivity contribution in [1.82, 2.24) is 14.9 Å². The number of morpholine rings is 1. The lowest BCUT2D eigenvalue weighted by Gasteiger charge is -2.26. The van der Waals surface area contributed by atoms with E-state index in [9.17, 15) is 13.2 Å². The van der Waals surface area contributed by atoms with Crippen LogP contribution in [0.15, 0.2) is 23.1 Å². The number of hydrogen-bond acceptors (Lipinski definition) is 6. The van der Waals surface area contributed by atoms with Gasteiger partial charge in [0.15, 0.2) is 0 Å². The number of ether oxygens (including phenoxy) is 2. The molecule has 1 amide bonds. The van der Waals surface area contributed by atoms with Gasteiger partial charge in [-0.2, -0.15) is 0 Å². The van der Waals surface area contributed by atoms with E-state index in [-0.39, 0.29) is 22.1 Å². The van der Waals surface area contributed by atoms with E-state index in [1.54, 1.807) is 6.07 Å². The van der Waals surface area contributed by atoms with E-state index in [0.29, 0.717) is 6.54 Å². The number of amides is 1. The van der Waals surface area contributed by atoms with Crippen molar-refractivity contribution in [3.05, 3.63) is 23.8 Å². The molecule has 0 unspecified atom stereocenters. The van der Waals surface area contributed by atoms with Gasteiger partial charge in [-0.05, 0) is 38.2 Å². The number of nitrogens with one attached hydrogen (secondary N) is 2. The maximum absolute atomic E-state index is 12.3. The summed E-state index contributed by atoms with van der Waals surface area (Å²) >= 11 is 0. The van der Waals surface area contributed by atoms with Crippen molar-refractivity contribution < 1.29 is 22.7 Å². The van der Waals surface area contributed by atoms with Crippen LogP contribution in [0.4, 0.5) is 0 Å². The molecular formula is C16H25N3O5S. The van der Waals surface area contributed by atoms with Crippen LogP contribution in [0.3, 0.4) is 0 Å². The number of carbonyl (C=O) groups excluding carboxylic acids is 1. The van der Waals surface area contributed by atoms with Crippen molar-refractivity contribution in [3.8, 4) is 5.75 Å². The molecule has 0 radical (unpaired) electrons. The minimum Gasteiger partial charge on any atom is -0.495 e. The summed E-state index contributed by atoms with van der Waals surface area (Å²) in [6, 6.07) is 4.35. The number of carbonyl (C=O) groups is 1. The molecule has 0 spiro atoms. The first-order valence-corrected chi connectivity index (χ1v) is 9.66. The van der Waals surface area contributed by atoms with E-state index in [0.717, 1.165) is 39.3 Å². The summed E-state index contributed by atoms with van der Waals surface area (Å²) in [6.45, 7) is 4.75. The minimum absolute atomic E-state index is 0.0570. The highest BCUT2D eigenvalue weighted by Gasteiger charge is 2.20. The summed E-state index contributed by atoms with van der Waals surface area (Å²) in [4.78, 5) is 14.5. The molecule has 1 aliphatic heterocycles. The van der Waals surface area contributed by atoms with Crippen LogP contribution in [0.25, 0.3) is 0 Å². The van der Waals surface area contributed by atoms with Crippen LogP contribution >= 0.6 is 0 Å². The van der Waals surface area contributed by atoms with Crippen molar-refractivity contribution in [3.63, 3.8) is 0 Å². The van der Waals surface area contributed by atoms with E-state index < -0.39 is 10.0 Å². The number of nitrogens with zero attached hydrogens (tertiary/aromatic N) is 1. The molecule has 1 aromatic rings. The SMILES string of the molecule is CNS(=O)(=O)c1cc(C(=O)NCCCN2CCOCC2)ccc1OC. The number of rotatable bonds is 8. The normalized spacial score (nSPS) is 15.8. The summed E-state index contributed by atoms with van der Waals surface area (Å²) in [7, 11) is -1.01. The lowest BCUT2D eigenvalue weighted by Crippen LogP contribution is -2.38. The average Bonchev–Trinajstić information content (AvgIpc) is 2.65. The van der Waals surface area contributed by atoms with Gasteiger partial charge in [-0.3, -0.25) is 9.69 Å². The van der Waals surface area contributed by atoms with Gasteiger partial charge in [-0.25, -0.2) is 13.1 Å². The molecule has 25 heavy (non-hydrogen) atoms. The fraction of sp³-hybridized carbons (Fsp3) is 0.562. The van der Waals surface area contributed by atoms with Crippen molar-refractivity contribution in [2.45, 2.75) is 11.3 Å². The molecule has 1 saturated heterocycles. The number of hydrogen-bond donors (Lipinski definition) is 2. The molecule has 0 atom stereocenters. The lowest BCUT2D eigenvalue weighted by molar-refractivity contribution is 0.0374. The largest absolute Gasteiger partial charge is 0.495 e. The number of benzene rings is 1. The predicted molar refractivity (Wildman–Crippen MR) is 93.4 cm³/mol. The van der Waals surface area contributed by atoms with Gasteiger partial charge in [0.1, 0.15) is 10.6 Å². The van der Waals surface area contributed by atoms with E-state index in [2.05, 4.69) is 14.9 Å². The fourth-order valence-corrected chi connectivity index (χ4v) is 3.49. The molecule has 1 aliphatic rings. The van der Waals surface area contributed by atoms with Crippen LogP contribution in [0.2, 0.25) is 0 Å². The highest BCUT2D eigenvalue weighted by Crippen LogP contribution is 2.24. The van der Waals surface area contributed by atoms with Crippen molar-refractivity contribution in [2.24, 2.45) is 0 Å². The minimum atomic E-state index is -3.71. The molecule has 0 bridgehead atoms. The third kappa shape index (κ3) is 5.40. The molecule has 2 rings (SSSR count). The van der Waals surface area contributed by atoms with E-state index in [1.165, 1.54) is 26.3 Å². The topological polar surface area (TPSA) is 97.0 Å². The van der Waals surface area contributed by atoms with Crippen LogP contribution in [0.1, 0.15) is 16.8 Å². The maximum Gasteiger partial charge on any atom is 0.251 e. The Labute approximate surface area is 148 Å². The zero-order valence-electron chi connectivity index (χ0n) is 14.6. The predicted octanol–water partition coefficient (Wildman–Crippen LogP) is 0.0554. The number of sulfonamides is 1. The Bertz CT molecular complexity index is 687. The lowest BCUT2D eigenvalue weighted by atomic mass is 10.2. The summed E-state index contributed by atoms with van der Waals surface area (Å²) < 4.78 is 36.7. The van der Waals surface area contributed by atoms with E-state index in [1.807, 2.05) is 0 Å². The maximum atomic E-state index is 12.3. The second-order valence-electron chi connectivity index (χ2n) is 5.64. The van der Waals surface area contributed by atoms with Gasteiger partial charge in [-0.15, -0.1) is 0 Å². The quantitative estimate of drug-likeness (QED) is 0.627. The standard InChI is InChI=1S/C16H25N3O5S/c1-17-25(21,22)15-12-13(4-5-14(15)23-2)16(20)18-6-3-7-19-8-10-24-11-9-19/h4-5,12,17H,3,6-11H2,1-2H3,(H,18,20). The molecule has 8 nitrogen and oxygen atoms in total. The Hall–Kier alpha value is -1.68. The number of methoxy groups -OCH3 is 1. The van der Waals surface area contributed by atoms with Gasteiger partial charge in [0, 0.05) is 25.2 Å². The molecule has 1 fully saturated rings. The van der Waals surface area contributed by atoms with Crippen LogP contribution in [0.5, 0.6) is 5.75 Å². The third-order valence-corrected chi connectivity index (χ3v) is 5.46. The zero-order valence-corrected chi connectivity index (χ0v) is 15.4. The molecule has 0 saturated carbocycles. The molecule has 0 aromatic heterocycles. The van der Waals surface area contributed by atoms with Crippen LogP contribution < -0.4 is 14.8 Å². The van der Waals surface area contributed by atoms with Crippen molar-refractivity contribution >= 4 is 15.9 Å². The zero-order chi connectivity index (χ0) is 18.3. The second-order valence-corrected chi connectivity index (χ2v) is 7.49. The molecular weight excluding hydrogens is 346 g/mol. The van der Waals surface area contributed by atoms with Crippen LogP contribution in [-0.2, 0) is 14.8 Å². The molecule has 2 N–H and O–H groups in total. The van der Waals surface area contributed by atoms with Gasteiger partial charge >= 0.3 is 0 Å². The molecule has 1 heterocycles. The summed E-state index contributed by atoms with van der Waals surface area (Å²) in [5.74, 6) is -0.115. The Morgan fingerprint density at radius 3 is 2.68 bits per heavy atom. The Kier molecular flexibility index (Phi) is 7.18. The third-order valence-electron chi connectivity index (χ3n) is 4.02. The van der Waals surface area contributed by atoms with Gasteiger partial charge in [0.25, 0.3) is 5.91 Å². The second kappa shape index (κ2) is 9.14. The first-order valence-electron chi connectivity index (χ1n) is 8.18. The smallest absolute Gasteiger partial charge is 0.251 e. The summed E-state index contributed by atoms with van der Waals surface area (Å²) in [5, 5.41) is 2.82. The van der Waals surface area contributed by atoms with Crippen molar-refractivity contribution in [1.29, 1.82) is 0 Å².